The van der Waals surface area contributed by atoms with E-state index in [4.69, 9.17) is 9.47 Å². The number of methoxy groups -OCH3 is 2. The van der Waals surface area contributed by atoms with Gasteiger partial charge in [-0.25, -0.2) is 4.98 Å². The third kappa shape index (κ3) is 4.39. The highest BCUT2D eigenvalue weighted by atomic mass is 32.1. The maximum atomic E-state index is 11.3. The molecule has 1 rings (SSSR count). The number of thiazole rings is 1. The van der Waals surface area contributed by atoms with Crippen molar-refractivity contribution in [1.29, 1.82) is 0 Å². The molecule has 120 valence electrons. The van der Waals surface area contributed by atoms with E-state index in [0.717, 1.165) is 5.13 Å². The number of rotatable bonds is 9. The van der Waals surface area contributed by atoms with Crippen LogP contribution >= 0.6 is 11.3 Å². The Labute approximate surface area is 129 Å². The molecule has 0 saturated carbocycles. The van der Waals surface area contributed by atoms with Crippen LogP contribution in [0.25, 0.3) is 0 Å². The molecule has 7 heteroatoms. The van der Waals surface area contributed by atoms with Gasteiger partial charge >= 0.3 is 5.97 Å². The first-order chi connectivity index (χ1) is 9.84. The van der Waals surface area contributed by atoms with Crippen LogP contribution in [-0.4, -0.2) is 56.1 Å². The number of aromatic nitrogens is 1. The van der Waals surface area contributed by atoms with Crippen LogP contribution in [-0.2, 0) is 19.7 Å². The molecule has 0 aliphatic heterocycles. The highest BCUT2D eigenvalue weighted by molar-refractivity contribution is 7.13. The molecule has 0 radical (unpaired) electrons. The fraction of sp³-hybridized carbons (Fsp3) is 0.714. The maximum Gasteiger partial charge on any atom is 0.315 e. The molecule has 1 atom stereocenters. The molecule has 0 amide bonds. The van der Waals surface area contributed by atoms with Crippen molar-refractivity contribution in [1.82, 2.24) is 4.98 Å². The number of carboxylic acids is 1. The summed E-state index contributed by atoms with van der Waals surface area (Å²) < 4.78 is 10.3. The molecule has 21 heavy (non-hydrogen) atoms. The zero-order valence-corrected chi connectivity index (χ0v) is 14.1. The van der Waals surface area contributed by atoms with Crippen molar-refractivity contribution in [2.24, 2.45) is 0 Å². The van der Waals surface area contributed by atoms with E-state index in [1.54, 1.807) is 28.1 Å². The van der Waals surface area contributed by atoms with Gasteiger partial charge in [-0.3, -0.25) is 4.79 Å². The Hall–Kier alpha value is -1.18. The summed E-state index contributed by atoms with van der Waals surface area (Å²) in [7, 11) is 3.31. The number of nitrogens with zero attached hydrogens (tertiary/aromatic N) is 2. The van der Waals surface area contributed by atoms with E-state index in [9.17, 15) is 9.90 Å². The third-order valence-corrected chi connectivity index (χ3v) is 4.27. The topological polar surface area (TPSA) is 71.9 Å². The predicted octanol–water partition coefficient (Wildman–Crippen LogP) is 1.99. The first kappa shape index (κ1) is 17.9. The fourth-order valence-corrected chi connectivity index (χ4v) is 2.94. The quantitative estimate of drug-likeness (QED) is 0.751. The van der Waals surface area contributed by atoms with Gasteiger partial charge < -0.3 is 19.5 Å². The average Bonchev–Trinajstić information content (AvgIpc) is 2.89. The van der Waals surface area contributed by atoms with Crippen LogP contribution in [0.3, 0.4) is 0 Å². The van der Waals surface area contributed by atoms with Crippen LogP contribution in [0.15, 0.2) is 5.38 Å². The Kier molecular flexibility index (Phi) is 6.57. The van der Waals surface area contributed by atoms with Gasteiger partial charge in [0.1, 0.15) is 5.41 Å². The number of anilines is 1. The van der Waals surface area contributed by atoms with Gasteiger partial charge in [0.15, 0.2) is 5.13 Å². The smallest absolute Gasteiger partial charge is 0.315 e. The van der Waals surface area contributed by atoms with Crippen molar-refractivity contribution in [3.8, 4) is 0 Å². The standard InChI is InChI=1S/C14H24N2O4S/c1-10(8-20-5)16(6-7-19-4)13-15-11(9-21-13)14(2,3)12(17)18/h9-10H,6-8H2,1-5H3,(H,17,18). The number of hydrogen-bond donors (Lipinski definition) is 1. The Bertz CT molecular complexity index is 462. The van der Waals surface area contributed by atoms with Gasteiger partial charge in [0.05, 0.1) is 24.9 Å². The average molecular weight is 316 g/mol. The molecule has 0 aliphatic carbocycles. The number of ether oxygens (including phenoxy) is 2. The zero-order valence-electron chi connectivity index (χ0n) is 13.3. The monoisotopic (exact) mass is 316 g/mol. The largest absolute Gasteiger partial charge is 0.481 e. The molecule has 1 heterocycles. The molecule has 0 bridgehead atoms. The van der Waals surface area contributed by atoms with Crippen molar-refractivity contribution in [3.05, 3.63) is 11.1 Å². The van der Waals surface area contributed by atoms with Crippen molar-refractivity contribution in [3.63, 3.8) is 0 Å². The number of hydrogen-bond acceptors (Lipinski definition) is 6. The molecule has 1 aromatic heterocycles. The maximum absolute atomic E-state index is 11.3. The summed E-state index contributed by atoms with van der Waals surface area (Å²) in [5, 5.41) is 11.9. The Balaban J connectivity index is 2.98. The molecule has 0 fully saturated rings. The van der Waals surface area contributed by atoms with E-state index < -0.39 is 11.4 Å². The third-order valence-electron chi connectivity index (χ3n) is 3.39. The van der Waals surface area contributed by atoms with Crippen LogP contribution in [0.1, 0.15) is 26.5 Å². The summed E-state index contributed by atoms with van der Waals surface area (Å²) in [4.78, 5) is 17.9. The van der Waals surface area contributed by atoms with Gasteiger partial charge in [-0.1, -0.05) is 0 Å². The van der Waals surface area contributed by atoms with Crippen LogP contribution in [0.4, 0.5) is 5.13 Å². The molecule has 0 saturated heterocycles. The van der Waals surface area contributed by atoms with E-state index >= 15 is 0 Å². The lowest BCUT2D eigenvalue weighted by Gasteiger charge is -2.28. The normalized spacial score (nSPS) is 13.2. The summed E-state index contributed by atoms with van der Waals surface area (Å²) in [5.74, 6) is -0.882. The second kappa shape index (κ2) is 7.72. The number of carboxylic acid groups (broad SMARTS) is 1. The minimum absolute atomic E-state index is 0.136. The van der Waals surface area contributed by atoms with Crippen molar-refractivity contribution in [2.45, 2.75) is 32.2 Å². The summed E-state index contributed by atoms with van der Waals surface area (Å²) in [6.07, 6.45) is 0. The molecule has 0 spiro atoms. The fourth-order valence-electron chi connectivity index (χ4n) is 1.82. The van der Waals surface area contributed by atoms with Gasteiger partial charge in [0.25, 0.3) is 0 Å². The van der Waals surface area contributed by atoms with E-state index in [1.165, 1.54) is 11.3 Å². The van der Waals surface area contributed by atoms with Gasteiger partial charge in [-0.05, 0) is 20.8 Å². The Morgan fingerprint density at radius 3 is 2.67 bits per heavy atom. The van der Waals surface area contributed by atoms with Crippen LogP contribution < -0.4 is 4.90 Å². The second-order valence-corrected chi connectivity index (χ2v) is 6.27. The number of carbonyl (C=O) groups is 1. The summed E-state index contributed by atoms with van der Waals surface area (Å²) in [6, 6.07) is 0.136. The lowest BCUT2D eigenvalue weighted by Crippen LogP contribution is -2.39. The van der Waals surface area contributed by atoms with Crippen molar-refractivity contribution >= 4 is 22.4 Å². The molecule has 1 unspecified atom stereocenters. The SMILES string of the molecule is COCCN(c1nc(C(C)(C)C(=O)O)cs1)C(C)COC. The molecule has 1 N–H and O–H groups in total. The van der Waals surface area contributed by atoms with Crippen LogP contribution in [0.2, 0.25) is 0 Å². The van der Waals surface area contributed by atoms with Gasteiger partial charge in [0.2, 0.25) is 0 Å². The summed E-state index contributed by atoms with van der Waals surface area (Å²) >= 11 is 1.45. The summed E-state index contributed by atoms with van der Waals surface area (Å²) in [5.41, 5.74) is -0.423. The second-order valence-electron chi connectivity index (χ2n) is 5.44. The van der Waals surface area contributed by atoms with Gasteiger partial charge in [-0.2, -0.15) is 0 Å². The lowest BCUT2D eigenvalue weighted by molar-refractivity contribution is -0.142. The first-order valence-electron chi connectivity index (χ1n) is 6.78. The summed E-state index contributed by atoms with van der Waals surface area (Å²) in [6.45, 7) is 7.19. The van der Waals surface area contributed by atoms with E-state index in [0.29, 0.717) is 25.5 Å². The van der Waals surface area contributed by atoms with E-state index in [1.807, 2.05) is 12.3 Å². The predicted molar refractivity (Wildman–Crippen MR) is 83.3 cm³/mol. The van der Waals surface area contributed by atoms with Crippen molar-refractivity contribution in [2.75, 3.05) is 38.9 Å². The molecular formula is C14H24N2O4S. The number of aliphatic carboxylic acids is 1. The van der Waals surface area contributed by atoms with Crippen LogP contribution in [0, 0.1) is 0 Å². The minimum atomic E-state index is -0.994. The minimum Gasteiger partial charge on any atom is -0.481 e. The Morgan fingerprint density at radius 2 is 2.14 bits per heavy atom. The molecule has 1 aromatic rings. The molecule has 0 aliphatic rings. The first-order valence-corrected chi connectivity index (χ1v) is 7.66. The van der Waals surface area contributed by atoms with Gasteiger partial charge in [-0.15, -0.1) is 11.3 Å². The van der Waals surface area contributed by atoms with Gasteiger partial charge in [0, 0.05) is 26.1 Å². The highest BCUT2D eigenvalue weighted by Crippen LogP contribution is 2.30. The van der Waals surface area contributed by atoms with Crippen molar-refractivity contribution < 1.29 is 19.4 Å². The molecule has 6 nitrogen and oxygen atoms in total. The molecule has 0 aromatic carbocycles. The van der Waals surface area contributed by atoms with Crippen LogP contribution in [0.5, 0.6) is 0 Å². The van der Waals surface area contributed by atoms with E-state index in [2.05, 4.69) is 9.88 Å². The van der Waals surface area contributed by atoms with E-state index in [-0.39, 0.29) is 6.04 Å². The Morgan fingerprint density at radius 1 is 1.48 bits per heavy atom. The molecular weight excluding hydrogens is 292 g/mol. The lowest BCUT2D eigenvalue weighted by atomic mass is 9.90. The highest BCUT2D eigenvalue weighted by Gasteiger charge is 2.33. The zero-order chi connectivity index (χ0) is 16.0.